The molecule has 156 valence electrons. The van der Waals surface area contributed by atoms with Crippen LogP contribution in [0.5, 0.6) is 0 Å². The maximum atomic E-state index is 13.7. The molecular weight excluding hydrogens is 390 g/mol. The molecule has 7 nitrogen and oxygen atoms in total. The van der Waals surface area contributed by atoms with Crippen LogP contribution in [0.2, 0.25) is 0 Å². The van der Waals surface area contributed by atoms with Crippen molar-refractivity contribution in [1.82, 2.24) is 9.97 Å². The third-order valence-corrected chi connectivity index (χ3v) is 4.38. The number of anilines is 5. The van der Waals surface area contributed by atoms with Crippen LogP contribution in [0, 0.1) is 11.6 Å². The molecule has 0 unspecified atom stereocenters. The standard InChI is InChI=1S/C21H22F2N6O/c1-3-29(4-2)15-10-8-14(9-11-15)26-18-12-19(25-13-24-18)27-21(30)28-20-16(22)6-5-7-17(20)23/h5-13H,3-4H2,1-2H3,(H3,24,25,26,27,28,30). The van der Waals surface area contributed by atoms with Crippen molar-refractivity contribution in [3.05, 3.63) is 66.5 Å². The fourth-order valence-electron chi connectivity index (χ4n) is 2.86. The summed E-state index contributed by atoms with van der Waals surface area (Å²) in [5.74, 6) is -1.12. The minimum Gasteiger partial charge on any atom is -0.372 e. The Morgan fingerprint density at radius 3 is 2.20 bits per heavy atom. The summed E-state index contributed by atoms with van der Waals surface area (Å²) in [6.45, 7) is 6.04. The van der Waals surface area contributed by atoms with E-state index in [1.54, 1.807) is 0 Å². The first-order valence-corrected chi connectivity index (χ1v) is 9.46. The Labute approximate surface area is 173 Å². The molecule has 30 heavy (non-hydrogen) atoms. The van der Waals surface area contributed by atoms with E-state index in [-0.39, 0.29) is 5.82 Å². The number of nitrogens with one attached hydrogen (secondary N) is 3. The predicted molar refractivity (Wildman–Crippen MR) is 114 cm³/mol. The molecule has 3 rings (SSSR count). The van der Waals surface area contributed by atoms with Crippen LogP contribution in [0.25, 0.3) is 0 Å². The van der Waals surface area contributed by atoms with Gasteiger partial charge in [-0.3, -0.25) is 5.32 Å². The zero-order valence-electron chi connectivity index (χ0n) is 16.6. The molecule has 0 radical (unpaired) electrons. The Balaban J connectivity index is 1.65. The molecule has 0 spiro atoms. The Hall–Kier alpha value is -3.75. The third kappa shape index (κ3) is 5.19. The van der Waals surface area contributed by atoms with Gasteiger partial charge in [0.1, 0.15) is 35.3 Å². The monoisotopic (exact) mass is 412 g/mol. The number of carbonyl (C=O) groups excluding carboxylic acids is 1. The summed E-state index contributed by atoms with van der Waals surface area (Å²) >= 11 is 0. The molecule has 0 saturated carbocycles. The minimum atomic E-state index is -0.872. The van der Waals surface area contributed by atoms with Gasteiger partial charge in [-0.1, -0.05) is 6.07 Å². The summed E-state index contributed by atoms with van der Waals surface area (Å²) < 4.78 is 27.3. The van der Waals surface area contributed by atoms with Crippen LogP contribution in [0.15, 0.2) is 54.9 Å². The molecule has 3 N–H and O–H groups in total. The van der Waals surface area contributed by atoms with Gasteiger partial charge in [0.25, 0.3) is 0 Å². The summed E-state index contributed by atoms with van der Waals surface area (Å²) in [5.41, 5.74) is 1.40. The lowest BCUT2D eigenvalue weighted by atomic mass is 10.2. The summed E-state index contributed by atoms with van der Waals surface area (Å²) in [4.78, 5) is 22.4. The van der Waals surface area contributed by atoms with E-state index in [4.69, 9.17) is 0 Å². The molecule has 0 bridgehead atoms. The van der Waals surface area contributed by atoms with Crippen LogP contribution in [-0.2, 0) is 0 Å². The smallest absolute Gasteiger partial charge is 0.325 e. The number of hydrogen-bond acceptors (Lipinski definition) is 5. The summed E-state index contributed by atoms with van der Waals surface area (Å²) in [5, 5.41) is 7.69. The second kappa shape index (κ2) is 9.64. The van der Waals surface area contributed by atoms with E-state index in [2.05, 4.69) is 44.7 Å². The highest BCUT2D eigenvalue weighted by atomic mass is 19.1. The largest absolute Gasteiger partial charge is 0.372 e. The van der Waals surface area contributed by atoms with E-state index >= 15 is 0 Å². The molecule has 2 amide bonds. The van der Waals surface area contributed by atoms with E-state index in [0.29, 0.717) is 5.82 Å². The van der Waals surface area contributed by atoms with Gasteiger partial charge in [-0.2, -0.15) is 0 Å². The lowest BCUT2D eigenvalue weighted by Crippen LogP contribution is -2.21. The molecule has 0 aliphatic rings. The van der Waals surface area contributed by atoms with Crippen molar-refractivity contribution < 1.29 is 13.6 Å². The van der Waals surface area contributed by atoms with Crippen LogP contribution < -0.4 is 20.9 Å². The first-order valence-electron chi connectivity index (χ1n) is 9.46. The highest BCUT2D eigenvalue weighted by Gasteiger charge is 2.12. The zero-order chi connectivity index (χ0) is 21.5. The maximum Gasteiger partial charge on any atom is 0.325 e. The van der Waals surface area contributed by atoms with Crippen LogP contribution in [-0.4, -0.2) is 29.1 Å². The normalized spacial score (nSPS) is 10.4. The van der Waals surface area contributed by atoms with Crippen LogP contribution in [0.4, 0.5) is 42.3 Å². The van der Waals surface area contributed by atoms with E-state index in [1.807, 2.05) is 24.3 Å². The predicted octanol–water partition coefficient (Wildman–Crippen LogP) is 4.99. The van der Waals surface area contributed by atoms with E-state index in [9.17, 15) is 13.6 Å². The van der Waals surface area contributed by atoms with Crippen molar-refractivity contribution in [3.63, 3.8) is 0 Å². The number of carbonyl (C=O) groups is 1. The van der Waals surface area contributed by atoms with Crippen LogP contribution in [0.3, 0.4) is 0 Å². The highest BCUT2D eigenvalue weighted by Crippen LogP contribution is 2.22. The Bertz CT molecular complexity index is 988. The number of para-hydroxylation sites is 1. The van der Waals surface area contributed by atoms with E-state index in [0.717, 1.165) is 36.6 Å². The topological polar surface area (TPSA) is 82.2 Å². The SMILES string of the molecule is CCN(CC)c1ccc(Nc2cc(NC(=O)Nc3c(F)cccc3F)ncn2)cc1. The fraction of sp³-hybridized carbons (Fsp3) is 0.190. The molecule has 1 aromatic heterocycles. The average molecular weight is 412 g/mol. The first kappa shape index (κ1) is 21.0. The lowest BCUT2D eigenvalue weighted by molar-refractivity contribution is 0.262. The van der Waals surface area contributed by atoms with Gasteiger partial charge in [-0.25, -0.2) is 23.5 Å². The Kier molecular flexibility index (Phi) is 6.74. The van der Waals surface area contributed by atoms with Crippen molar-refractivity contribution in [2.45, 2.75) is 13.8 Å². The van der Waals surface area contributed by atoms with Crippen molar-refractivity contribution in [2.75, 3.05) is 33.9 Å². The summed E-state index contributed by atoms with van der Waals surface area (Å²) in [7, 11) is 0. The molecule has 0 fully saturated rings. The number of benzene rings is 2. The Morgan fingerprint density at radius 2 is 1.57 bits per heavy atom. The van der Waals surface area contributed by atoms with E-state index in [1.165, 1.54) is 18.5 Å². The average Bonchev–Trinajstić information content (AvgIpc) is 2.73. The molecule has 0 aliphatic heterocycles. The first-order chi connectivity index (χ1) is 14.5. The van der Waals surface area contributed by atoms with Crippen molar-refractivity contribution in [1.29, 1.82) is 0 Å². The third-order valence-electron chi connectivity index (χ3n) is 4.38. The second-order valence-corrected chi connectivity index (χ2v) is 6.31. The Morgan fingerprint density at radius 1 is 0.933 bits per heavy atom. The number of halogens is 2. The molecule has 0 aliphatic carbocycles. The number of aromatic nitrogens is 2. The van der Waals surface area contributed by atoms with Crippen LogP contribution >= 0.6 is 0 Å². The number of rotatable bonds is 7. The minimum absolute atomic E-state index is 0.168. The van der Waals surface area contributed by atoms with Crippen molar-refractivity contribution in [2.24, 2.45) is 0 Å². The van der Waals surface area contributed by atoms with E-state index < -0.39 is 23.4 Å². The van der Waals surface area contributed by atoms with Crippen molar-refractivity contribution >= 4 is 34.7 Å². The molecule has 0 atom stereocenters. The summed E-state index contributed by atoms with van der Waals surface area (Å²) in [6, 6.07) is 11.9. The van der Waals surface area contributed by atoms with Gasteiger partial charge in [0.05, 0.1) is 0 Å². The van der Waals surface area contributed by atoms with Gasteiger partial charge in [-0.05, 0) is 50.2 Å². The second-order valence-electron chi connectivity index (χ2n) is 6.31. The van der Waals surface area contributed by atoms with Gasteiger partial charge in [0, 0.05) is 30.5 Å². The molecule has 1 heterocycles. The number of hydrogen-bond donors (Lipinski definition) is 3. The highest BCUT2D eigenvalue weighted by molar-refractivity contribution is 5.99. The van der Waals surface area contributed by atoms with Crippen molar-refractivity contribution in [3.8, 4) is 0 Å². The fourth-order valence-corrected chi connectivity index (χ4v) is 2.86. The van der Waals surface area contributed by atoms with Crippen LogP contribution in [0.1, 0.15) is 13.8 Å². The zero-order valence-corrected chi connectivity index (χ0v) is 16.6. The lowest BCUT2D eigenvalue weighted by Gasteiger charge is -2.21. The molecule has 0 saturated heterocycles. The van der Waals surface area contributed by atoms with Gasteiger partial charge < -0.3 is 15.5 Å². The van der Waals surface area contributed by atoms with Gasteiger partial charge in [0.2, 0.25) is 0 Å². The maximum absolute atomic E-state index is 13.7. The number of nitrogens with zero attached hydrogens (tertiary/aromatic N) is 3. The molecule has 3 aromatic rings. The number of urea groups is 1. The number of amides is 2. The van der Waals surface area contributed by atoms with Gasteiger partial charge in [-0.15, -0.1) is 0 Å². The van der Waals surface area contributed by atoms with Gasteiger partial charge >= 0.3 is 6.03 Å². The van der Waals surface area contributed by atoms with Gasteiger partial charge in [0.15, 0.2) is 0 Å². The molecular formula is C21H22F2N6O. The summed E-state index contributed by atoms with van der Waals surface area (Å²) in [6.07, 6.45) is 1.27. The molecule has 2 aromatic carbocycles. The molecule has 9 heteroatoms. The quantitative estimate of drug-likeness (QED) is 0.509.